The number of imidazole rings is 1. The van der Waals surface area contributed by atoms with E-state index in [1.807, 2.05) is 41.8 Å². The first kappa shape index (κ1) is 21.1. The molecule has 1 aliphatic rings. The van der Waals surface area contributed by atoms with Crippen molar-refractivity contribution in [3.8, 4) is 0 Å². The highest BCUT2D eigenvalue weighted by molar-refractivity contribution is 6.04. The van der Waals surface area contributed by atoms with Crippen molar-refractivity contribution in [1.29, 1.82) is 0 Å². The monoisotopic (exact) mass is 421 g/mol. The summed E-state index contributed by atoms with van der Waals surface area (Å²) in [6, 6.07) is 13.1. The molecule has 1 fully saturated rings. The molecule has 3 aromatic rings. The number of hydrogen-bond donors (Lipinski definition) is 2. The lowest BCUT2D eigenvalue weighted by atomic mass is 9.86. The van der Waals surface area contributed by atoms with E-state index in [0.29, 0.717) is 11.5 Å². The van der Waals surface area contributed by atoms with Gasteiger partial charge in [-0.2, -0.15) is 0 Å². The minimum absolute atomic E-state index is 0.0682. The van der Waals surface area contributed by atoms with Crippen LogP contribution in [-0.2, 0) is 16.1 Å². The predicted octanol–water partition coefficient (Wildman–Crippen LogP) is 3.99. The number of aromatic nitrogens is 2. The zero-order chi connectivity index (χ0) is 22.0. The van der Waals surface area contributed by atoms with Gasteiger partial charge in [0.15, 0.2) is 0 Å². The Morgan fingerprint density at radius 1 is 1.13 bits per heavy atom. The van der Waals surface area contributed by atoms with E-state index in [1.165, 1.54) is 7.11 Å². The van der Waals surface area contributed by atoms with Crippen LogP contribution in [0, 0.1) is 12.8 Å². The van der Waals surface area contributed by atoms with Gasteiger partial charge in [0, 0.05) is 11.6 Å². The summed E-state index contributed by atoms with van der Waals surface area (Å²) in [6.07, 6.45) is 3.01. The lowest BCUT2D eigenvalue weighted by Gasteiger charge is -2.29. The van der Waals surface area contributed by atoms with Crippen molar-refractivity contribution in [2.45, 2.75) is 45.3 Å². The molecular formula is C24H27N3O4. The molecule has 0 radical (unpaired) electrons. The van der Waals surface area contributed by atoms with Crippen LogP contribution in [0.15, 0.2) is 42.5 Å². The van der Waals surface area contributed by atoms with Crippen LogP contribution >= 0.6 is 0 Å². The molecule has 2 N–H and O–H groups in total. The highest BCUT2D eigenvalue weighted by Gasteiger charge is 2.30. The molecule has 7 nitrogen and oxygen atoms in total. The SMILES string of the molecule is COC(=O)C1CCC(n2c(NC(=O)c3ccc(C)cc3)nc3ccc(CO)cc32)CC1. The third-order valence-corrected chi connectivity index (χ3v) is 6.07. The van der Waals surface area contributed by atoms with Gasteiger partial charge < -0.3 is 14.4 Å². The first-order valence-corrected chi connectivity index (χ1v) is 10.6. The number of methoxy groups -OCH3 is 1. The Morgan fingerprint density at radius 2 is 1.84 bits per heavy atom. The van der Waals surface area contributed by atoms with Gasteiger partial charge in [-0.15, -0.1) is 0 Å². The largest absolute Gasteiger partial charge is 0.469 e. The van der Waals surface area contributed by atoms with E-state index in [9.17, 15) is 14.7 Å². The average molecular weight is 421 g/mol. The molecule has 4 rings (SSSR count). The maximum Gasteiger partial charge on any atom is 0.308 e. The number of rotatable bonds is 5. The number of hydrogen-bond acceptors (Lipinski definition) is 5. The van der Waals surface area contributed by atoms with Crippen LogP contribution < -0.4 is 5.32 Å². The minimum atomic E-state index is -0.220. The third-order valence-electron chi connectivity index (χ3n) is 6.07. The molecule has 31 heavy (non-hydrogen) atoms. The maximum atomic E-state index is 12.9. The fourth-order valence-corrected chi connectivity index (χ4v) is 4.31. The molecule has 7 heteroatoms. The standard InChI is InChI=1S/C24H27N3O4/c1-15-3-6-17(7-4-15)22(29)26-24-25-20-12-5-16(14-28)13-21(20)27(24)19-10-8-18(9-11-19)23(30)31-2/h3-7,12-13,18-19,28H,8-11,14H2,1-2H3,(H,25,26,29). The predicted molar refractivity (Wildman–Crippen MR) is 118 cm³/mol. The fraction of sp³-hybridized carbons (Fsp3) is 0.375. The third kappa shape index (κ3) is 4.32. The van der Waals surface area contributed by atoms with Gasteiger partial charge >= 0.3 is 5.97 Å². The normalized spacial score (nSPS) is 18.7. The molecule has 0 aliphatic heterocycles. The number of aliphatic hydroxyl groups is 1. The van der Waals surface area contributed by atoms with Crippen molar-refractivity contribution in [2.75, 3.05) is 12.4 Å². The Labute approximate surface area is 181 Å². The summed E-state index contributed by atoms with van der Waals surface area (Å²) in [6.45, 7) is 1.91. The zero-order valence-electron chi connectivity index (χ0n) is 17.8. The van der Waals surface area contributed by atoms with E-state index in [4.69, 9.17) is 4.74 Å². The number of nitrogens with one attached hydrogen (secondary N) is 1. The zero-order valence-corrected chi connectivity index (χ0v) is 17.8. The molecule has 0 bridgehead atoms. The molecule has 162 valence electrons. The summed E-state index contributed by atoms with van der Waals surface area (Å²) in [5.41, 5.74) is 4.06. The highest BCUT2D eigenvalue weighted by atomic mass is 16.5. The van der Waals surface area contributed by atoms with Crippen LogP contribution in [0.2, 0.25) is 0 Å². The number of carbonyl (C=O) groups is 2. The van der Waals surface area contributed by atoms with Crippen LogP contribution in [0.3, 0.4) is 0 Å². The number of ether oxygens (including phenoxy) is 1. The van der Waals surface area contributed by atoms with Gasteiger partial charge in [0.05, 0.1) is 30.7 Å². The van der Waals surface area contributed by atoms with Crippen LogP contribution in [0.1, 0.15) is 53.2 Å². The quantitative estimate of drug-likeness (QED) is 0.608. The molecule has 0 saturated heterocycles. The Morgan fingerprint density at radius 3 is 2.48 bits per heavy atom. The second-order valence-electron chi connectivity index (χ2n) is 8.14. The second kappa shape index (κ2) is 8.89. The number of aryl methyl sites for hydroxylation is 1. The summed E-state index contributed by atoms with van der Waals surface area (Å²) in [4.78, 5) is 29.5. The topological polar surface area (TPSA) is 93.5 Å². The van der Waals surface area contributed by atoms with E-state index < -0.39 is 0 Å². The minimum Gasteiger partial charge on any atom is -0.469 e. The van der Waals surface area contributed by atoms with Crippen molar-refractivity contribution in [3.63, 3.8) is 0 Å². The van der Waals surface area contributed by atoms with Crippen LogP contribution in [-0.4, -0.2) is 33.6 Å². The van der Waals surface area contributed by atoms with E-state index in [1.54, 1.807) is 12.1 Å². The van der Waals surface area contributed by atoms with Gasteiger partial charge in [-0.1, -0.05) is 23.8 Å². The number of benzene rings is 2. The van der Waals surface area contributed by atoms with Crippen LogP contribution in [0.5, 0.6) is 0 Å². The summed E-state index contributed by atoms with van der Waals surface area (Å²) in [5.74, 6) is 0.0124. The smallest absolute Gasteiger partial charge is 0.308 e. The summed E-state index contributed by atoms with van der Waals surface area (Å²) in [7, 11) is 1.42. The number of amides is 1. The molecule has 1 amide bonds. The van der Waals surface area contributed by atoms with Crippen LogP contribution in [0.25, 0.3) is 11.0 Å². The molecule has 1 saturated carbocycles. The fourth-order valence-electron chi connectivity index (χ4n) is 4.31. The molecule has 0 unspecified atom stereocenters. The van der Waals surface area contributed by atoms with E-state index in [0.717, 1.165) is 47.8 Å². The molecule has 0 atom stereocenters. The number of esters is 1. The molecule has 2 aromatic carbocycles. The lowest BCUT2D eigenvalue weighted by molar-refractivity contribution is -0.146. The Hall–Kier alpha value is -3.19. The van der Waals surface area contributed by atoms with Crippen molar-refractivity contribution in [3.05, 3.63) is 59.2 Å². The van der Waals surface area contributed by atoms with Gasteiger partial charge in [-0.05, 0) is 62.4 Å². The highest BCUT2D eigenvalue weighted by Crippen LogP contribution is 2.37. The average Bonchev–Trinajstić information content (AvgIpc) is 3.15. The summed E-state index contributed by atoms with van der Waals surface area (Å²) in [5, 5.41) is 12.6. The van der Waals surface area contributed by atoms with Gasteiger partial charge in [0.1, 0.15) is 0 Å². The summed E-state index contributed by atoms with van der Waals surface area (Å²) >= 11 is 0. The van der Waals surface area contributed by atoms with Gasteiger partial charge in [-0.3, -0.25) is 14.9 Å². The number of aliphatic hydroxyl groups excluding tert-OH is 1. The van der Waals surface area contributed by atoms with E-state index >= 15 is 0 Å². The van der Waals surface area contributed by atoms with E-state index in [2.05, 4.69) is 10.3 Å². The Kier molecular flexibility index (Phi) is 6.04. The number of anilines is 1. The van der Waals surface area contributed by atoms with Gasteiger partial charge in [-0.25, -0.2) is 4.98 Å². The number of fused-ring (bicyclic) bond motifs is 1. The van der Waals surface area contributed by atoms with Gasteiger partial charge in [0.2, 0.25) is 5.95 Å². The molecule has 1 aliphatic carbocycles. The Bertz CT molecular complexity index is 1100. The van der Waals surface area contributed by atoms with Crippen LogP contribution in [0.4, 0.5) is 5.95 Å². The van der Waals surface area contributed by atoms with Crippen molar-refractivity contribution in [2.24, 2.45) is 5.92 Å². The van der Waals surface area contributed by atoms with Gasteiger partial charge in [0.25, 0.3) is 5.91 Å². The van der Waals surface area contributed by atoms with Crippen molar-refractivity contribution in [1.82, 2.24) is 9.55 Å². The Balaban J connectivity index is 1.67. The first-order valence-electron chi connectivity index (χ1n) is 10.6. The molecule has 1 aromatic heterocycles. The van der Waals surface area contributed by atoms with Crippen molar-refractivity contribution >= 4 is 28.9 Å². The molecule has 0 spiro atoms. The molecule has 1 heterocycles. The number of nitrogens with zero attached hydrogens (tertiary/aromatic N) is 2. The number of carbonyl (C=O) groups excluding carboxylic acids is 2. The molecular weight excluding hydrogens is 394 g/mol. The summed E-state index contributed by atoms with van der Waals surface area (Å²) < 4.78 is 6.96. The second-order valence-corrected chi connectivity index (χ2v) is 8.14. The maximum absolute atomic E-state index is 12.9. The van der Waals surface area contributed by atoms with Crippen molar-refractivity contribution < 1.29 is 19.4 Å². The lowest BCUT2D eigenvalue weighted by Crippen LogP contribution is -2.26. The van der Waals surface area contributed by atoms with E-state index in [-0.39, 0.29) is 30.4 Å². The first-order chi connectivity index (χ1) is 15.0.